The van der Waals surface area contributed by atoms with E-state index < -0.39 is 5.91 Å². The Bertz CT molecular complexity index is 1040. The fourth-order valence-corrected chi connectivity index (χ4v) is 3.39. The van der Waals surface area contributed by atoms with Crippen LogP contribution in [-0.4, -0.2) is 38.0 Å². The van der Waals surface area contributed by atoms with E-state index in [2.05, 4.69) is 0 Å². The molecule has 0 spiro atoms. The van der Waals surface area contributed by atoms with Crippen LogP contribution in [-0.2, 0) is 11.3 Å². The summed E-state index contributed by atoms with van der Waals surface area (Å²) in [4.78, 5) is 29.9. The Morgan fingerprint density at radius 3 is 2.54 bits per heavy atom. The van der Waals surface area contributed by atoms with E-state index in [1.165, 1.54) is 0 Å². The second-order valence-electron chi connectivity index (χ2n) is 6.91. The summed E-state index contributed by atoms with van der Waals surface area (Å²) in [6, 6.07) is 14.8. The van der Waals surface area contributed by atoms with E-state index in [4.69, 9.17) is 15.8 Å². The molecular formula is C21H21N5O2. The third kappa shape index (κ3) is 3.38. The largest absolute Gasteiger partial charge is 0.366 e. The molecule has 2 aromatic carbocycles. The van der Waals surface area contributed by atoms with Crippen molar-refractivity contribution in [1.29, 1.82) is 0 Å². The van der Waals surface area contributed by atoms with Crippen molar-refractivity contribution in [3.8, 4) is 17.1 Å². The monoisotopic (exact) mass is 375 g/mol. The molecule has 1 aliphatic rings. The van der Waals surface area contributed by atoms with E-state index in [1.807, 2.05) is 36.1 Å². The Hall–Kier alpha value is -3.48. The number of hydrogen-bond donors (Lipinski definition) is 1. The predicted octanol–water partition coefficient (Wildman–Crippen LogP) is 2.46. The van der Waals surface area contributed by atoms with Gasteiger partial charge >= 0.3 is 0 Å². The van der Waals surface area contributed by atoms with Crippen molar-refractivity contribution in [2.24, 2.45) is 5.73 Å². The molecule has 142 valence electrons. The number of amides is 2. The lowest BCUT2D eigenvalue weighted by Gasteiger charge is -2.16. The third-order valence-corrected chi connectivity index (χ3v) is 4.95. The summed E-state index contributed by atoms with van der Waals surface area (Å²) >= 11 is 0. The van der Waals surface area contributed by atoms with E-state index in [9.17, 15) is 9.59 Å². The van der Waals surface area contributed by atoms with Gasteiger partial charge in [0.1, 0.15) is 0 Å². The molecule has 0 unspecified atom stereocenters. The Morgan fingerprint density at radius 2 is 1.89 bits per heavy atom. The lowest BCUT2D eigenvalue weighted by molar-refractivity contribution is -0.128. The number of aryl methyl sites for hydroxylation is 1. The minimum absolute atomic E-state index is 0.145. The van der Waals surface area contributed by atoms with Crippen LogP contribution in [0, 0.1) is 6.92 Å². The van der Waals surface area contributed by atoms with Crippen LogP contribution >= 0.6 is 0 Å². The Balaban J connectivity index is 1.76. The Kier molecular flexibility index (Phi) is 4.65. The molecule has 0 bridgehead atoms. The Labute approximate surface area is 162 Å². The minimum atomic E-state index is -0.474. The van der Waals surface area contributed by atoms with Gasteiger partial charge in [-0.1, -0.05) is 30.3 Å². The molecule has 1 aliphatic heterocycles. The molecule has 0 aliphatic carbocycles. The van der Waals surface area contributed by atoms with Crippen molar-refractivity contribution in [3.05, 3.63) is 65.5 Å². The molecule has 0 saturated carbocycles. The summed E-state index contributed by atoms with van der Waals surface area (Å²) < 4.78 is 1.80. The predicted molar refractivity (Wildman–Crippen MR) is 105 cm³/mol. The standard InChI is InChI=1S/C21H21N5O2/c1-14-5-2-3-6-17(14)26-18(13-25-12-4-7-19(25)27)23-21(24-26)16-10-8-15(9-11-16)20(22)28/h2-3,5-6,8-11H,4,7,12-13H2,1H3,(H2,22,28). The third-order valence-electron chi connectivity index (χ3n) is 4.95. The molecule has 4 rings (SSSR count). The summed E-state index contributed by atoms with van der Waals surface area (Å²) in [5.41, 5.74) is 8.53. The highest BCUT2D eigenvalue weighted by Gasteiger charge is 2.24. The molecule has 0 radical (unpaired) electrons. The molecule has 1 saturated heterocycles. The highest BCUT2D eigenvalue weighted by molar-refractivity contribution is 5.93. The van der Waals surface area contributed by atoms with Gasteiger partial charge in [0, 0.05) is 24.1 Å². The number of aromatic nitrogens is 3. The van der Waals surface area contributed by atoms with Crippen molar-refractivity contribution >= 4 is 11.8 Å². The van der Waals surface area contributed by atoms with Gasteiger partial charge in [0.15, 0.2) is 11.6 Å². The second-order valence-corrected chi connectivity index (χ2v) is 6.91. The number of carbonyl (C=O) groups is 2. The molecule has 7 heteroatoms. The highest BCUT2D eigenvalue weighted by atomic mass is 16.2. The first-order valence-electron chi connectivity index (χ1n) is 9.23. The van der Waals surface area contributed by atoms with E-state index in [-0.39, 0.29) is 5.91 Å². The molecule has 1 aromatic heterocycles. The summed E-state index contributed by atoms with van der Waals surface area (Å²) in [6.07, 6.45) is 1.46. The maximum Gasteiger partial charge on any atom is 0.248 e. The molecule has 28 heavy (non-hydrogen) atoms. The minimum Gasteiger partial charge on any atom is -0.366 e. The van der Waals surface area contributed by atoms with Gasteiger partial charge < -0.3 is 10.6 Å². The van der Waals surface area contributed by atoms with E-state index in [0.717, 1.165) is 29.8 Å². The van der Waals surface area contributed by atoms with Crippen LogP contribution in [0.1, 0.15) is 34.6 Å². The lowest BCUT2D eigenvalue weighted by Crippen LogP contribution is -2.25. The van der Waals surface area contributed by atoms with E-state index >= 15 is 0 Å². The van der Waals surface area contributed by atoms with Crippen LogP contribution in [0.5, 0.6) is 0 Å². The smallest absolute Gasteiger partial charge is 0.248 e. The fraction of sp³-hybridized carbons (Fsp3) is 0.238. The molecule has 2 N–H and O–H groups in total. The molecule has 3 aromatic rings. The van der Waals surface area contributed by atoms with Crippen LogP contribution in [0.25, 0.3) is 17.1 Å². The van der Waals surface area contributed by atoms with Gasteiger partial charge in [0.2, 0.25) is 11.8 Å². The first kappa shape index (κ1) is 17.9. The zero-order valence-electron chi connectivity index (χ0n) is 15.6. The number of nitrogens with zero attached hydrogens (tertiary/aromatic N) is 4. The zero-order valence-corrected chi connectivity index (χ0v) is 15.6. The van der Waals surface area contributed by atoms with Gasteiger partial charge in [-0.3, -0.25) is 9.59 Å². The maximum absolute atomic E-state index is 12.1. The molecule has 2 amide bonds. The number of hydrogen-bond acceptors (Lipinski definition) is 4. The molecule has 2 heterocycles. The fourth-order valence-electron chi connectivity index (χ4n) is 3.39. The Morgan fingerprint density at radius 1 is 1.14 bits per heavy atom. The molecular weight excluding hydrogens is 354 g/mol. The van der Waals surface area contributed by atoms with Gasteiger partial charge in [-0.05, 0) is 37.1 Å². The van der Waals surface area contributed by atoms with Crippen molar-refractivity contribution in [2.45, 2.75) is 26.3 Å². The summed E-state index contributed by atoms with van der Waals surface area (Å²) in [7, 11) is 0. The molecule has 0 atom stereocenters. The van der Waals surface area contributed by atoms with Gasteiger partial charge in [0.05, 0.1) is 12.2 Å². The summed E-state index contributed by atoms with van der Waals surface area (Å²) in [6.45, 7) is 3.17. The van der Waals surface area contributed by atoms with Crippen molar-refractivity contribution in [1.82, 2.24) is 19.7 Å². The first-order chi connectivity index (χ1) is 13.5. The second kappa shape index (κ2) is 7.26. The normalized spacial score (nSPS) is 13.9. The number of rotatable bonds is 5. The van der Waals surface area contributed by atoms with Gasteiger partial charge in [0.25, 0.3) is 0 Å². The molecule has 1 fully saturated rings. The number of carbonyl (C=O) groups excluding carboxylic acids is 2. The average molecular weight is 375 g/mol. The van der Waals surface area contributed by atoms with Crippen LogP contribution in [0.3, 0.4) is 0 Å². The summed E-state index contributed by atoms with van der Waals surface area (Å²) in [5, 5.41) is 4.70. The average Bonchev–Trinajstić information content (AvgIpc) is 3.29. The SMILES string of the molecule is Cc1ccccc1-n1nc(-c2ccc(C(N)=O)cc2)nc1CN1CCCC1=O. The van der Waals surface area contributed by atoms with Crippen LogP contribution in [0.4, 0.5) is 0 Å². The van der Waals surface area contributed by atoms with Crippen LogP contribution in [0.2, 0.25) is 0 Å². The maximum atomic E-state index is 12.1. The number of likely N-dealkylation sites (tertiary alicyclic amines) is 1. The van der Waals surface area contributed by atoms with Crippen LogP contribution in [0.15, 0.2) is 48.5 Å². The van der Waals surface area contributed by atoms with Gasteiger partial charge in [-0.15, -0.1) is 5.10 Å². The summed E-state index contributed by atoms with van der Waals surface area (Å²) in [5.74, 6) is 0.921. The van der Waals surface area contributed by atoms with Gasteiger partial charge in [-0.2, -0.15) is 0 Å². The zero-order chi connectivity index (χ0) is 19.7. The van der Waals surface area contributed by atoms with E-state index in [0.29, 0.717) is 30.2 Å². The van der Waals surface area contributed by atoms with E-state index in [1.54, 1.807) is 28.9 Å². The van der Waals surface area contributed by atoms with Crippen molar-refractivity contribution in [3.63, 3.8) is 0 Å². The van der Waals surface area contributed by atoms with Crippen molar-refractivity contribution in [2.75, 3.05) is 6.54 Å². The quantitative estimate of drug-likeness (QED) is 0.741. The van der Waals surface area contributed by atoms with Crippen LogP contribution < -0.4 is 5.73 Å². The highest BCUT2D eigenvalue weighted by Crippen LogP contribution is 2.23. The molecule has 7 nitrogen and oxygen atoms in total. The topological polar surface area (TPSA) is 94.1 Å². The number of primary amides is 1. The van der Waals surface area contributed by atoms with Gasteiger partial charge in [-0.25, -0.2) is 9.67 Å². The lowest BCUT2D eigenvalue weighted by atomic mass is 10.1. The van der Waals surface area contributed by atoms with Crippen molar-refractivity contribution < 1.29 is 9.59 Å². The number of benzene rings is 2. The number of para-hydroxylation sites is 1. The first-order valence-corrected chi connectivity index (χ1v) is 9.23. The number of nitrogens with two attached hydrogens (primary N) is 1.